The van der Waals surface area contributed by atoms with Crippen molar-refractivity contribution >= 4 is 5.91 Å². The molecule has 0 fully saturated rings. The molecule has 1 heterocycles. The molecule has 1 aromatic heterocycles. The molecule has 1 amide bonds. The maximum atomic E-state index is 12.1. The van der Waals surface area contributed by atoms with E-state index in [-0.39, 0.29) is 11.9 Å². The molecule has 0 aromatic carbocycles. The van der Waals surface area contributed by atoms with Crippen LogP contribution in [0.3, 0.4) is 0 Å². The fourth-order valence-electron chi connectivity index (χ4n) is 2.67. The quantitative estimate of drug-likeness (QED) is 0.676. The van der Waals surface area contributed by atoms with Gasteiger partial charge in [-0.3, -0.25) is 9.78 Å². The van der Waals surface area contributed by atoms with E-state index in [1.165, 1.54) is 5.56 Å². The van der Waals surface area contributed by atoms with Crippen molar-refractivity contribution in [3.05, 3.63) is 29.6 Å². The number of nitrogens with one attached hydrogen (secondary N) is 1. The molecule has 1 aliphatic rings. The van der Waals surface area contributed by atoms with Crippen LogP contribution in [0, 0.1) is 0 Å². The van der Waals surface area contributed by atoms with Gasteiger partial charge in [0, 0.05) is 6.20 Å². The van der Waals surface area contributed by atoms with Gasteiger partial charge in [0.2, 0.25) is 5.91 Å². The molecular formula is C15H24N4O. The Morgan fingerprint density at radius 3 is 3.15 bits per heavy atom. The first-order valence-corrected chi connectivity index (χ1v) is 7.42. The number of hydrogen-bond acceptors (Lipinski definition) is 4. The van der Waals surface area contributed by atoms with E-state index in [1.807, 2.05) is 6.07 Å². The normalized spacial score (nSPS) is 19.2. The molecular weight excluding hydrogens is 252 g/mol. The summed E-state index contributed by atoms with van der Waals surface area (Å²) < 4.78 is 0. The zero-order valence-electron chi connectivity index (χ0n) is 11.8. The van der Waals surface area contributed by atoms with Gasteiger partial charge in [0.05, 0.1) is 17.8 Å². The highest BCUT2D eigenvalue weighted by atomic mass is 16.2. The molecule has 20 heavy (non-hydrogen) atoms. The monoisotopic (exact) mass is 276 g/mol. The van der Waals surface area contributed by atoms with Gasteiger partial charge in [0.15, 0.2) is 0 Å². The number of aromatic nitrogens is 1. The summed E-state index contributed by atoms with van der Waals surface area (Å²) in [6, 6.07) is 3.59. The zero-order chi connectivity index (χ0) is 14.4. The lowest BCUT2D eigenvalue weighted by atomic mass is 9.91. The van der Waals surface area contributed by atoms with Gasteiger partial charge >= 0.3 is 0 Å². The number of carbonyl (C=O) groups is 1. The van der Waals surface area contributed by atoms with Gasteiger partial charge in [-0.05, 0) is 50.3 Å². The predicted octanol–water partition coefficient (Wildman–Crippen LogP) is 1.03. The van der Waals surface area contributed by atoms with Crippen LogP contribution in [0.5, 0.6) is 0 Å². The average molecular weight is 276 g/mol. The molecule has 0 saturated carbocycles. The Labute approximate surface area is 120 Å². The molecule has 0 saturated heterocycles. The van der Waals surface area contributed by atoms with Crippen molar-refractivity contribution in [2.45, 2.75) is 50.6 Å². The van der Waals surface area contributed by atoms with Gasteiger partial charge in [-0.15, -0.1) is 0 Å². The number of carbonyl (C=O) groups excluding carboxylic acids is 1. The molecule has 5 heteroatoms. The third kappa shape index (κ3) is 3.77. The molecule has 5 N–H and O–H groups in total. The second-order valence-corrected chi connectivity index (χ2v) is 5.39. The van der Waals surface area contributed by atoms with Crippen LogP contribution in [0.2, 0.25) is 0 Å². The summed E-state index contributed by atoms with van der Waals surface area (Å²) in [6.45, 7) is 0.647. The lowest BCUT2D eigenvalue weighted by Gasteiger charge is -2.26. The van der Waals surface area contributed by atoms with Crippen LogP contribution in [0.25, 0.3) is 0 Å². The molecule has 0 aliphatic heterocycles. The Kier molecular flexibility index (Phi) is 5.49. The number of hydrogen-bond donors (Lipinski definition) is 3. The Bertz CT molecular complexity index is 449. The summed E-state index contributed by atoms with van der Waals surface area (Å²) in [4.78, 5) is 16.5. The van der Waals surface area contributed by atoms with Crippen molar-refractivity contribution in [1.29, 1.82) is 0 Å². The van der Waals surface area contributed by atoms with Crippen LogP contribution in [-0.2, 0) is 11.2 Å². The van der Waals surface area contributed by atoms with E-state index in [4.69, 9.17) is 11.5 Å². The second kappa shape index (κ2) is 7.36. The van der Waals surface area contributed by atoms with Crippen molar-refractivity contribution in [2.24, 2.45) is 11.5 Å². The molecule has 0 spiro atoms. The van der Waals surface area contributed by atoms with E-state index in [9.17, 15) is 4.79 Å². The fraction of sp³-hybridized carbons (Fsp3) is 0.600. The summed E-state index contributed by atoms with van der Waals surface area (Å²) in [5.41, 5.74) is 13.6. The molecule has 1 aromatic rings. The fourth-order valence-corrected chi connectivity index (χ4v) is 2.67. The minimum absolute atomic E-state index is 0.00742. The molecule has 1 aliphatic carbocycles. The van der Waals surface area contributed by atoms with E-state index in [1.54, 1.807) is 6.20 Å². The summed E-state index contributed by atoms with van der Waals surface area (Å²) in [7, 11) is 0. The number of fused-ring (bicyclic) bond motifs is 1. The Hall–Kier alpha value is -1.46. The van der Waals surface area contributed by atoms with Crippen molar-refractivity contribution in [1.82, 2.24) is 10.3 Å². The van der Waals surface area contributed by atoms with Crippen LogP contribution >= 0.6 is 0 Å². The van der Waals surface area contributed by atoms with Gasteiger partial charge in [-0.25, -0.2) is 0 Å². The molecule has 0 radical (unpaired) electrons. The van der Waals surface area contributed by atoms with Gasteiger partial charge in [-0.1, -0.05) is 12.5 Å². The summed E-state index contributed by atoms with van der Waals surface area (Å²) in [5.74, 6) is -0.0782. The predicted molar refractivity (Wildman–Crippen MR) is 78.9 cm³/mol. The van der Waals surface area contributed by atoms with E-state index >= 15 is 0 Å². The van der Waals surface area contributed by atoms with Crippen molar-refractivity contribution in [3.8, 4) is 0 Å². The lowest BCUT2D eigenvalue weighted by molar-refractivity contribution is -0.123. The molecule has 0 bridgehead atoms. The Morgan fingerprint density at radius 1 is 1.50 bits per heavy atom. The van der Waals surface area contributed by atoms with Crippen LogP contribution in [-0.4, -0.2) is 23.5 Å². The number of amides is 1. The summed E-state index contributed by atoms with van der Waals surface area (Å²) >= 11 is 0. The first kappa shape index (κ1) is 14.9. The van der Waals surface area contributed by atoms with Gasteiger partial charge in [0.25, 0.3) is 0 Å². The van der Waals surface area contributed by atoms with Gasteiger partial charge < -0.3 is 16.8 Å². The highest BCUT2D eigenvalue weighted by molar-refractivity contribution is 5.81. The zero-order valence-corrected chi connectivity index (χ0v) is 11.8. The largest absolute Gasteiger partial charge is 0.346 e. The average Bonchev–Trinajstić information content (AvgIpc) is 2.47. The van der Waals surface area contributed by atoms with E-state index in [0.29, 0.717) is 13.0 Å². The molecule has 2 rings (SSSR count). The second-order valence-electron chi connectivity index (χ2n) is 5.39. The van der Waals surface area contributed by atoms with Crippen molar-refractivity contribution < 1.29 is 4.79 Å². The van der Waals surface area contributed by atoms with Gasteiger partial charge in [-0.2, -0.15) is 0 Å². The minimum atomic E-state index is -0.448. The maximum absolute atomic E-state index is 12.1. The summed E-state index contributed by atoms with van der Waals surface area (Å²) in [5, 5.41) is 3.04. The van der Waals surface area contributed by atoms with Gasteiger partial charge in [0.1, 0.15) is 0 Å². The Balaban J connectivity index is 1.92. The molecule has 2 atom stereocenters. The van der Waals surface area contributed by atoms with E-state index in [2.05, 4.69) is 16.4 Å². The van der Waals surface area contributed by atoms with Crippen LogP contribution in [0.15, 0.2) is 18.3 Å². The number of aryl methyl sites for hydroxylation is 1. The standard InChI is InChI=1S/C15H24N4O/c16-9-2-1-7-12(17)15(20)19-13-8-3-5-11-6-4-10-18-14(11)13/h4,6,10,12-13H,1-3,5,7-9,16-17H2,(H,19,20)/t12-,13?/m0/s1. The third-order valence-corrected chi connectivity index (χ3v) is 3.82. The van der Waals surface area contributed by atoms with E-state index < -0.39 is 6.04 Å². The number of nitrogens with two attached hydrogens (primary N) is 2. The topological polar surface area (TPSA) is 94.0 Å². The molecule has 110 valence electrons. The minimum Gasteiger partial charge on any atom is -0.346 e. The van der Waals surface area contributed by atoms with E-state index in [0.717, 1.165) is 37.8 Å². The Morgan fingerprint density at radius 2 is 2.35 bits per heavy atom. The lowest BCUT2D eigenvalue weighted by Crippen LogP contribution is -2.43. The number of rotatable bonds is 6. The SMILES string of the molecule is NCCCC[C@H](N)C(=O)NC1CCCc2cccnc21. The molecule has 5 nitrogen and oxygen atoms in total. The number of nitrogens with zero attached hydrogens (tertiary/aromatic N) is 1. The van der Waals surface area contributed by atoms with Crippen LogP contribution in [0.1, 0.15) is 49.4 Å². The number of unbranched alkanes of at least 4 members (excludes halogenated alkanes) is 1. The molecule has 1 unspecified atom stereocenters. The van der Waals surface area contributed by atoms with Crippen LogP contribution < -0.4 is 16.8 Å². The highest BCUT2D eigenvalue weighted by Gasteiger charge is 2.24. The summed E-state index contributed by atoms with van der Waals surface area (Å²) in [6.07, 6.45) is 7.32. The van der Waals surface area contributed by atoms with Crippen molar-refractivity contribution in [3.63, 3.8) is 0 Å². The third-order valence-electron chi connectivity index (χ3n) is 3.82. The van der Waals surface area contributed by atoms with Crippen molar-refractivity contribution in [2.75, 3.05) is 6.54 Å². The first-order valence-electron chi connectivity index (χ1n) is 7.42. The van der Waals surface area contributed by atoms with Crippen LogP contribution in [0.4, 0.5) is 0 Å². The smallest absolute Gasteiger partial charge is 0.237 e. The number of pyridine rings is 1. The first-order chi connectivity index (χ1) is 9.72. The highest BCUT2D eigenvalue weighted by Crippen LogP contribution is 2.27. The maximum Gasteiger partial charge on any atom is 0.237 e.